The molecule has 0 aliphatic carbocycles. The zero-order chi connectivity index (χ0) is 19.8. The molecule has 0 aromatic heterocycles. The minimum absolute atomic E-state index is 0.0760. The summed E-state index contributed by atoms with van der Waals surface area (Å²) < 4.78 is 0. The van der Waals surface area contributed by atoms with Crippen molar-refractivity contribution in [1.29, 1.82) is 0 Å². The average molecular weight is 367 g/mol. The van der Waals surface area contributed by atoms with Crippen molar-refractivity contribution in [1.82, 2.24) is 0 Å². The van der Waals surface area contributed by atoms with Crippen molar-refractivity contribution in [2.24, 2.45) is 0 Å². The Hall–Kier alpha value is -3.48. The van der Waals surface area contributed by atoms with Gasteiger partial charge in [-0.2, -0.15) is 0 Å². The summed E-state index contributed by atoms with van der Waals surface area (Å²) in [5.41, 5.74) is -0.988. The van der Waals surface area contributed by atoms with Gasteiger partial charge in [-0.05, 0) is 36.2 Å². The molecule has 0 radical (unpaired) electrons. The fourth-order valence-electron chi connectivity index (χ4n) is 3.38. The molecule has 0 unspecified atom stereocenters. The highest BCUT2D eigenvalue weighted by Crippen LogP contribution is 2.41. The van der Waals surface area contributed by atoms with E-state index < -0.39 is 23.4 Å². The molecule has 0 saturated carbocycles. The molecule has 7 nitrogen and oxygen atoms in total. The Kier molecular flexibility index (Phi) is 4.53. The number of amides is 1. The Morgan fingerprint density at radius 3 is 2.19 bits per heavy atom. The number of aliphatic carboxylic acids is 2. The van der Waals surface area contributed by atoms with Gasteiger partial charge in [-0.15, -0.1) is 0 Å². The van der Waals surface area contributed by atoms with Gasteiger partial charge >= 0.3 is 11.9 Å². The second-order valence-electron chi connectivity index (χ2n) is 6.50. The third-order valence-electron chi connectivity index (χ3n) is 4.60. The topological polar surface area (TPSA) is 112 Å². The number of fused-ring (bicyclic) bond motifs is 1. The Labute approximate surface area is 154 Å². The number of ketones is 1. The zero-order valence-electron chi connectivity index (χ0n) is 14.5. The lowest BCUT2D eigenvalue weighted by Crippen LogP contribution is -2.61. The predicted molar refractivity (Wildman–Crippen MR) is 95.8 cm³/mol. The van der Waals surface area contributed by atoms with Crippen LogP contribution in [0.2, 0.25) is 0 Å². The summed E-state index contributed by atoms with van der Waals surface area (Å²) in [7, 11) is 0. The van der Waals surface area contributed by atoms with Gasteiger partial charge in [0.05, 0.1) is 0 Å². The summed E-state index contributed by atoms with van der Waals surface area (Å²) in [5.74, 6) is -4.03. The highest BCUT2D eigenvalue weighted by molar-refractivity contribution is 6.20. The van der Waals surface area contributed by atoms with Gasteiger partial charge in [-0.3, -0.25) is 14.5 Å². The quantitative estimate of drug-likeness (QED) is 0.781. The Morgan fingerprint density at radius 1 is 1.00 bits per heavy atom. The van der Waals surface area contributed by atoms with Gasteiger partial charge in [0.2, 0.25) is 5.54 Å². The van der Waals surface area contributed by atoms with Crippen molar-refractivity contribution in [3.05, 3.63) is 65.2 Å². The van der Waals surface area contributed by atoms with Crippen molar-refractivity contribution < 1.29 is 29.4 Å². The van der Waals surface area contributed by atoms with Crippen LogP contribution in [0, 0.1) is 0 Å². The van der Waals surface area contributed by atoms with Crippen LogP contribution in [0.4, 0.5) is 5.69 Å². The van der Waals surface area contributed by atoms with Crippen LogP contribution >= 0.6 is 0 Å². The maximum Gasteiger partial charge on any atom is 0.342 e. The minimum atomic E-state index is -2.44. The molecule has 0 bridgehead atoms. The zero-order valence-corrected chi connectivity index (χ0v) is 14.5. The summed E-state index contributed by atoms with van der Waals surface area (Å²) in [5, 5.41) is 19.5. The first kappa shape index (κ1) is 18.3. The first-order valence-corrected chi connectivity index (χ1v) is 8.25. The van der Waals surface area contributed by atoms with Crippen molar-refractivity contribution in [2.75, 3.05) is 4.90 Å². The summed E-state index contributed by atoms with van der Waals surface area (Å²) in [4.78, 5) is 49.3. The van der Waals surface area contributed by atoms with Gasteiger partial charge in [-0.25, -0.2) is 9.59 Å². The van der Waals surface area contributed by atoms with Crippen LogP contribution in [0.5, 0.6) is 0 Å². The molecule has 0 spiro atoms. The van der Waals surface area contributed by atoms with Gasteiger partial charge < -0.3 is 10.2 Å². The SMILES string of the molecule is CC(=O)Cc1ccc2c(c1)CC(C(=O)O)(C(=O)O)N2C(=O)c1ccccc1. The van der Waals surface area contributed by atoms with E-state index >= 15 is 0 Å². The number of Topliss-reactive ketones (excluding diaryl/α,β-unsaturated/α-hetero) is 1. The molecule has 1 heterocycles. The van der Waals surface area contributed by atoms with E-state index in [2.05, 4.69) is 0 Å². The molecular formula is C20H17NO6. The molecule has 27 heavy (non-hydrogen) atoms. The molecule has 7 heteroatoms. The lowest BCUT2D eigenvalue weighted by Gasteiger charge is -2.31. The maximum atomic E-state index is 13.0. The molecule has 0 saturated heterocycles. The molecule has 2 aromatic carbocycles. The van der Waals surface area contributed by atoms with E-state index in [-0.39, 0.29) is 29.9 Å². The molecule has 138 valence electrons. The second kappa shape index (κ2) is 6.68. The average Bonchev–Trinajstić information content (AvgIpc) is 2.97. The summed E-state index contributed by atoms with van der Waals surface area (Å²) in [6.45, 7) is 1.43. The van der Waals surface area contributed by atoms with Crippen LogP contribution in [-0.4, -0.2) is 39.4 Å². The first-order chi connectivity index (χ1) is 12.8. The smallest absolute Gasteiger partial charge is 0.342 e. The molecule has 1 aliphatic rings. The highest BCUT2D eigenvalue weighted by atomic mass is 16.4. The van der Waals surface area contributed by atoms with Gasteiger partial charge in [-0.1, -0.05) is 30.3 Å². The largest absolute Gasteiger partial charge is 0.479 e. The standard InChI is InChI=1S/C20H17NO6/c1-12(22)9-13-7-8-16-15(10-13)11-20(18(24)25,19(26)27)21(16)17(23)14-5-3-2-4-6-14/h2-8,10H,9,11H2,1H3,(H,24,25)(H,26,27). The van der Waals surface area contributed by atoms with Crippen molar-refractivity contribution in [3.63, 3.8) is 0 Å². The van der Waals surface area contributed by atoms with E-state index in [9.17, 15) is 29.4 Å². The molecule has 2 aromatic rings. The number of rotatable bonds is 5. The first-order valence-electron chi connectivity index (χ1n) is 8.25. The number of anilines is 1. The van der Waals surface area contributed by atoms with Crippen LogP contribution in [0.3, 0.4) is 0 Å². The number of nitrogens with zero attached hydrogens (tertiary/aromatic N) is 1. The van der Waals surface area contributed by atoms with E-state index in [1.807, 2.05) is 0 Å². The van der Waals surface area contributed by atoms with E-state index in [0.29, 0.717) is 11.1 Å². The Bertz CT molecular complexity index is 936. The molecule has 1 amide bonds. The van der Waals surface area contributed by atoms with Crippen LogP contribution in [0.1, 0.15) is 28.4 Å². The minimum Gasteiger partial charge on any atom is -0.479 e. The number of hydrogen-bond donors (Lipinski definition) is 2. The fraction of sp³-hybridized carbons (Fsp3) is 0.200. The van der Waals surface area contributed by atoms with E-state index in [4.69, 9.17) is 0 Å². The van der Waals surface area contributed by atoms with Crippen LogP contribution < -0.4 is 4.90 Å². The summed E-state index contributed by atoms with van der Waals surface area (Å²) in [6, 6.07) is 12.6. The van der Waals surface area contributed by atoms with Gasteiger partial charge in [0.15, 0.2) is 0 Å². The second-order valence-corrected chi connectivity index (χ2v) is 6.50. The van der Waals surface area contributed by atoms with Gasteiger partial charge in [0.25, 0.3) is 5.91 Å². The molecule has 1 aliphatic heterocycles. The molecule has 3 rings (SSSR count). The molecular weight excluding hydrogens is 350 g/mol. The van der Waals surface area contributed by atoms with E-state index in [0.717, 1.165) is 4.90 Å². The van der Waals surface area contributed by atoms with Crippen LogP contribution in [-0.2, 0) is 27.2 Å². The summed E-state index contributed by atoms with van der Waals surface area (Å²) in [6.07, 6.45) is -0.232. The monoisotopic (exact) mass is 367 g/mol. The van der Waals surface area contributed by atoms with Crippen LogP contribution in [0.25, 0.3) is 0 Å². The third-order valence-corrected chi connectivity index (χ3v) is 4.60. The van der Waals surface area contributed by atoms with Crippen LogP contribution in [0.15, 0.2) is 48.5 Å². The number of benzene rings is 2. The van der Waals surface area contributed by atoms with E-state index in [1.165, 1.54) is 25.1 Å². The molecule has 2 N–H and O–H groups in total. The van der Waals surface area contributed by atoms with E-state index in [1.54, 1.807) is 30.3 Å². The number of carboxylic acids is 2. The lowest BCUT2D eigenvalue weighted by molar-refractivity contribution is -0.156. The van der Waals surface area contributed by atoms with Crippen molar-refractivity contribution in [3.8, 4) is 0 Å². The highest BCUT2D eigenvalue weighted by Gasteiger charge is 2.59. The third kappa shape index (κ3) is 2.97. The summed E-state index contributed by atoms with van der Waals surface area (Å²) >= 11 is 0. The van der Waals surface area contributed by atoms with Gasteiger partial charge in [0.1, 0.15) is 5.78 Å². The Balaban J connectivity index is 2.17. The lowest BCUT2D eigenvalue weighted by atomic mass is 9.93. The Morgan fingerprint density at radius 2 is 1.63 bits per heavy atom. The number of carbonyl (C=O) groups is 4. The number of carboxylic acid groups (broad SMARTS) is 2. The predicted octanol–water partition coefficient (Wildman–Crippen LogP) is 1.93. The maximum absolute atomic E-state index is 13.0. The fourth-order valence-corrected chi connectivity index (χ4v) is 3.38. The van der Waals surface area contributed by atoms with Gasteiger partial charge in [0, 0.05) is 24.1 Å². The number of carbonyl (C=O) groups excluding carboxylic acids is 2. The van der Waals surface area contributed by atoms with Crippen molar-refractivity contribution >= 4 is 29.3 Å². The molecule has 0 atom stereocenters. The molecule has 0 fully saturated rings. The number of hydrogen-bond acceptors (Lipinski definition) is 4. The van der Waals surface area contributed by atoms with Crippen molar-refractivity contribution in [2.45, 2.75) is 25.3 Å². The normalized spacial score (nSPS) is 14.5.